The Kier molecular flexibility index (Phi) is 4.70. The lowest BCUT2D eigenvalue weighted by molar-refractivity contribution is 0.0464. The molecule has 25 heavy (non-hydrogen) atoms. The fourth-order valence-electron chi connectivity index (χ4n) is 2.34. The maximum Gasteiger partial charge on any atom is 0.361 e. The van der Waals surface area contributed by atoms with E-state index in [0.29, 0.717) is 11.4 Å². The third-order valence-electron chi connectivity index (χ3n) is 3.73. The van der Waals surface area contributed by atoms with E-state index in [1.807, 2.05) is 24.3 Å². The van der Waals surface area contributed by atoms with Crippen molar-refractivity contribution in [1.82, 2.24) is 15.0 Å². The molecule has 0 aliphatic rings. The van der Waals surface area contributed by atoms with Gasteiger partial charge in [-0.25, -0.2) is 13.9 Å². The number of carbonyl (C=O) groups excluding carboxylic acids is 1. The van der Waals surface area contributed by atoms with Crippen LogP contribution in [0.1, 0.15) is 27.3 Å². The van der Waals surface area contributed by atoms with Crippen LogP contribution in [0.25, 0.3) is 11.8 Å². The molecule has 0 spiro atoms. The average molecular weight is 337 g/mol. The third kappa shape index (κ3) is 3.63. The number of hydrogen-bond acceptors (Lipinski definition) is 4. The number of halogens is 1. The summed E-state index contributed by atoms with van der Waals surface area (Å²) in [6.07, 6.45) is 1.74. The van der Waals surface area contributed by atoms with Crippen LogP contribution >= 0.6 is 0 Å². The van der Waals surface area contributed by atoms with Gasteiger partial charge < -0.3 is 4.74 Å². The van der Waals surface area contributed by atoms with E-state index in [9.17, 15) is 9.18 Å². The van der Waals surface area contributed by atoms with Crippen molar-refractivity contribution in [2.24, 2.45) is 0 Å². The number of carbonyl (C=O) groups is 1. The number of benzene rings is 2. The Hall–Kier alpha value is -3.28. The van der Waals surface area contributed by atoms with E-state index in [0.717, 1.165) is 11.1 Å². The highest BCUT2D eigenvalue weighted by Crippen LogP contribution is 2.15. The molecule has 2 aromatic carbocycles. The van der Waals surface area contributed by atoms with E-state index in [-0.39, 0.29) is 18.1 Å². The van der Waals surface area contributed by atoms with E-state index < -0.39 is 5.97 Å². The molecule has 0 radical (unpaired) electrons. The summed E-state index contributed by atoms with van der Waals surface area (Å²) in [7, 11) is 0. The predicted octanol–water partition coefficient (Wildman–Crippen LogP) is 3.71. The van der Waals surface area contributed by atoms with Gasteiger partial charge in [-0.1, -0.05) is 48.2 Å². The highest BCUT2D eigenvalue weighted by molar-refractivity contribution is 5.88. The van der Waals surface area contributed by atoms with Gasteiger partial charge in [0.05, 0.1) is 11.4 Å². The first-order valence-electron chi connectivity index (χ1n) is 7.65. The van der Waals surface area contributed by atoms with Gasteiger partial charge in [0, 0.05) is 0 Å². The van der Waals surface area contributed by atoms with Crippen LogP contribution < -0.4 is 0 Å². The lowest BCUT2D eigenvalue weighted by atomic mass is 10.1. The Balaban J connectivity index is 1.73. The zero-order valence-electron chi connectivity index (χ0n) is 13.6. The molecule has 0 saturated heterocycles. The van der Waals surface area contributed by atoms with Crippen molar-refractivity contribution in [2.45, 2.75) is 13.5 Å². The molecule has 5 nitrogen and oxygen atoms in total. The second-order valence-electron chi connectivity index (χ2n) is 5.44. The molecule has 0 saturated carbocycles. The number of esters is 1. The van der Waals surface area contributed by atoms with Gasteiger partial charge in [0.25, 0.3) is 0 Å². The number of rotatable bonds is 5. The molecule has 0 atom stereocenters. The minimum Gasteiger partial charge on any atom is -0.456 e. The van der Waals surface area contributed by atoms with Gasteiger partial charge in [0.1, 0.15) is 12.4 Å². The van der Waals surface area contributed by atoms with Crippen molar-refractivity contribution < 1.29 is 13.9 Å². The van der Waals surface area contributed by atoms with Crippen LogP contribution in [0.5, 0.6) is 0 Å². The van der Waals surface area contributed by atoms with Gasteiger partial charge in [0.2, 0.25) is 0 Å². The van der Waals surface area contributed by atoms with E-state index in [2.05, 4.69) is 16.9 Å². The fourth-order valence-corrected chi connectivity index (χ4v) is 2.34. The summed E-state index contributed by atoms with van der Waals surface area (Å²) in [5.74, 6) is -0.965. The molecule has 6 heteroatoms. The topological polar surface area (TPSA) is 57.0 Å². The first-order valence-corrected chi connectivity index (χ1v) is 7.65. The maximum atomic E-state index is 13.4. The molecule has 3 rings (SSSR count). The smallest absolute Gasteiger partial charge is 0.361 e. The normalized spacial score (nSPS) is 10.5. The van der Waals surface area contributed by atoms with Crippen LogP contribution in [0.15, 0.2) is 55.1 Å². The monoisotopic (exact) mass is 337 g/mol. The van der Waals surface area contributed by atoms with Gasteiger partial charge in [0.15, 0.2) is 5.69 Å². The number of aromatic nitrogens is 3. The molecule has 0 bridgehead atoms. The number of ether oxygens (including phenoxy) is 1. The van der Waals surface area contributed by atoms with E-state index in [1.165, 1.54) is 16.8 Å². The Bertz CT molecular complexity index is 917. The van der Waals surface area contributed by atoms with Crippen molar-refractivity contribution in [2.75, 3.05) is 0 Å². The SMILES string of the molecule is C=Cc1ccc(COC(=O)c2nnn(-c3cccc(F)c3)c2C)cc1. The van der Waals surface area contributed by atoms with E-state index >= 15 is 0 Å². The molecule has 3 aromatic rings. The second kappa shape index (κ2) is 7.09. The van der Waals surface area contributed by atoms with Crippen molar-refractivity contribution in [3.8, 4) is 5.69 Å². The summed E-state index contributed by atoms with van der Waals surface area (Å²) < 4.78 is 20.0. The second-order valence-corrected chi connectivity index (χ2v) is 5.44. The van der Waals surface area contributed by atoms with Crippen LogP contribution in [0.3, 0.4) is 0 Å². The van der Waals surface area contributed by atoms with Crippen LogP contribution in [0.4, 0.5) is 4.39 Å². The van der Waals surface area contributed by atoms with Gasteiger partial charge >= 0.3 is 5.97 Å². The summed E-state index contributed by atoms with van der Waals surface area (Å²) in [5.41, 5.74) is 2.92. The summed E-state index contributed by atoms with van der Waals surface area (Å²) >= 11 is 0. The molecule has 0 N–H and O–H groups in total. The highest BCUT2D eigenvalue weighted by Gasteiger charge is 2.19. The number of nitrogens with zero attached hydrogens (tertiary/aromatic N) is 3. The summed E-state index contributed by atoms with van der Waals surface area (Å²) in [4.78, 5) is 12.2. The molecule has 0 aliphatic heterocycles. The van der Waals surface area contributed by atoms with E-state index in [1.54, 1.807) is 25.1 Å². The zero-order chi connectivity index (χ0) is 17.8. The molecule has 1 heterocycles. The molecule has 126 valence electrons. The van der Waals surface area contributed by atoms with E-state index in [4.69, 9.17) is 4.74 Å². The minimum absolute atomic E-state index is 0.104. The molecule has 0 fully saturated rings. The van der Waals surface area contributed by atoms with Crippen molar-refractivity contribution in [3.05, 3.63) is 83.4 Å². The molecular formula is C19H16FN3O2. The van der Waals surface area contributed by atoms with Crippen molar-refractivity contribution in [3.63, 3.8) is 0 Å². The molecule has 1 aromatic heterocycles. The fraction of sp³-hybridized carbons (Fsp3) is 0.105. The van der Waals surface area contributed by atoms with Gasteiger partial charge in [-0.05, 0) is 36.2 Å². The predicted molar refractivity (Wildman–Crippen MR) is 91.7 cm³/mol. The largest absolute Gasteiger partial charge is 0.456 e. The van der Waals surface area contributed by atoms with Crippen molar-refractivity contribution in [1.29, 1.82) is 0 Å². The average Bonchev–Trinajstić information content (AvgIpc) is 3.01. The number of hydrogen-bond donors (Lipinski definition) is 0. The van der Waals surface area contributed by atoms with Crippen LogP contribution in [-0.4, -0.2) is 21.0 Å². The molecule has 0 unspecified atom stereocenters. The van der Waals surface area contributed by atoms with Crippen molar-refractivity contribution >= 4 is 12.0 Å². The third-order valence-corrected chi connectivity index (χ3v) is 3.73. The Labute approximate surface area is 144 Å². The zero-order valence-corrected chi connectivity index (χ0v) is 13.6. The Morgan fingerprint density at radius 3 is 2.72 bits per heavy atom. The molecule has 0 aliphatic carbocycles. The van der Waals surface area contributed by atoms with Crippen LogP contribution in [0, 0.1) is 12.7 Å². The maximum absolute atomic E-state index is 13.4. The summed E-state index contributed by atoms with van der Waals surface area (Å²) in [5, 5.41) is 7.78. The Morgan fingerprint density at radius 1 is 1.28 bits per heavy atom. The Morgan fingerprint density at radius 2 is 2.04 bits per heavy atom. The van der Waals surface area contributed by atoms with Gasteiger partial charge in [-0.2, -0.15) is 0 Å². The summed E-state index contributed by atoms with van der Waals surface area (Å²) in [6, 6.07) is 13.4. The molecule has 0 amide bonds. The van der Waals surface area contributed by atoms with Crippen LogP contribution in [0.2, 0.25) is 0 Å². The lowest BCUT2D eigenvalue weighted by Gasteiger charge is -2.05. The standard InChI is InChI=1S/C19H16FN3O2/c1-3-14-7-9-15(10-8-14)12-25-19(24)18-13(2)23(22-21-18)17-6-4-5-16(20)11-17/h3-11H,1,12H2,2H3. The van der Waals surface area contributed by atoms with Crippen LogP contribution in [-0.2, 0) is 11.3 Å². The van der Waals surface area contributed by atoms with Gasteiger partial charge in [-0.3, -0.25) is 0 Å². The first kappa shape index (κ1) is 16.6. The molecular weight excluding hydrogens is 321 g/mol. The first-order chi connectivity index (χ1) is 12.1. The summed E-state index contributed by atoms with van der Waals surface area (Å²) in [6.45, 7) is 5.50. The highest BCUT2D eigenvalue weighted by atomic mass is 19.1. The lowest BCUT2D eigenvalue weighted by Crippen LogP contribution is -2.08. The minimum atomic E-state index is -0.576. The quantitative estimate of drug-likeness (QED) is 0.666. The van der Waals surface area contributed by atoms with Gasteiger partial charge in [-0.15, -0.1) is 5.10 Å².